The second-order valence-corrected chi connectivity index (χ2v) is 5.37. The lowest BCUT2D eigenvalue weighted by molar-refractivity contribution is -0.126. The van der Waals surface area contributed by atoms with Crippen LogP contribution >= 0.6 is 0 Å². The van der Waals surface area contributed by atoms with Crippen molar-refractivity contribution in [3.63, 3.8) is 0 Å². The number of nitrogens with zero attached hydrogens (tertiary/aromatic N) is 2. The molecular formula is C14H18N4O2. The average molecular weight is 274 g/mol. The van der Waals surface area contributed by atoms with Crippen LogP contribution in [0.25, 0.3) is 11.0 Å². The van der Waals surface area contributed by atoms with E-state index >= 15 is 0 Å². The molecule has 2 atom stereocenters. The van der Waals surface area contributed by atoms with Crippen LogP contribution in [0.3, 0.4) is 0 Å². The number of carbonyl (C=O) groups is 1. The van der Waals surface area contributed by atoms with Crippen LogP contribution in [0.2, 0.25) is 0 Å². The molecule has 6 nitrogen and oxygen atoms in total. The van der Waals surface area contributed by atoms with E-state index in [9.17, 15) is 4.79 Å². The highest BCUT2D eigenvalue weighted by Gasteiger charge is 2.31. The Morgan fingerprint density at radius 3 is 2.95 bits per heavy atom. The molecule has 2 aromatic heterocycles. The van der Waals surface area contributed by atoms with E-state index in [2.05, 4.69) is 20.3 Å². The number of carbonyl (C=O) groups excluding carboxylic acids is 1. The van der Waals surface area contributed by atoms with Gasteiger partial charge in [0.1, 0.15) is 23.9 Å². The summed E-state index contributed by atoms with van der Waals surface area (Å²) in [7, 11) is 0. The Hall–Kier alpha value is -1.95. The molecule has 0 spiro atoms. The minimum atomic E-state index is -0.389. The zero-order chi connectivity index (χ0) is 14.3. The van der Waals surface area contributed by atoms with E-state index in [1.165, 1.54) is 6.33 Å². The van der Waals surface area contributed by atoms with Crippen molar-refractivity contribution in [1.29, 1.82) is 0 Å². The zero-order valence-corrected chi connectivity index (χ0v) is 11.9. The summed E-state index contributed by atoms with van der Waals surface area (Å²) in [5, 5.41) is 3.74. The van der Waals surface area contributed by atoms with Gasteiger partial charge in [0, 0.05) is 12.3 Å². The van der Waals surface area contributed by atoms with Crippen LogP contribution in [0.1, 0.15) is 24.6 Å². The van der Waals surface area contributed by atoms with Gasteiger partial charge in [0.15, 0.2) is 0 Å². The first-order chi connectivity index (χ1) is 9.58. The summed E-state index contributed by atoms with van der Waals surface area (Å²) in [6.07, 6.45) is 1.98. The molecule has 1 aliphatic heterocycles. The fourth-order valence-corrected chi connectivity index (χ4v) is 2.61. The molecule has 106 valence electrons. The summed E-state index contributed by atoms with van der Waals surface area (Å²) < 4.78 is 5.48. The van der Waals surface area contributed by atoms with Gasteiger partial charge >= 0.3 is 0 Å². The minimum absolute atomic E-state index is 0.131. The predicted molar refractivity (Wildman–Crippen MR) is 75.5 cm³/mol. The van der Waals surface area contributed by atoms with Gasteiger partial charge < -0.3 is 15.0 Å². The molecule has 0 saturated carbocycles. The third kappa shape index (κ3) is 2.06. The maximum atomic E-state index is 12.3. The number of ether oxygens (including phenoxy) is 1. The third-order valence-electron chi connectivity index (χ3n) is 3.98. The van der Waals surface area contributed by atoms with Gasteiger partial charge in [0.2, 0.25) is 0 Å². The van der Waals surface area contributed by atoms with Gasteiger partial charge in [-0.3, -0.25) is 4.79 Å². The van der Waals surface area contributed by atoms with Crippen molar-refractivity contribution >= 4 is 22.8 Å². The summed E-state index contributed by atoms with van der Waals surface area (Å²) in [6.45, 7) is 6.63. The molecule has 0 bridgehead atoms. The zero-order valence-electron chi connectivity index (χ0n) is 11.9. The molecule has 0 radical (unpaired) electrons. The van der Waals surface area contributed by atoms with E-state index in [4.69, 9.17) is 4.74 Å². The van der Waals surface area contributed by atoms with E-state index in [0.717, 1.165) is 28.7 Å². The lowest BCUT2D eigenvalue weighted by Gasteiger charge is -2.14. The van der Waals surface area contributed by atoms with E-state index in [1.54, 1.807) is 0 Å². The van der Waals surface area contributed by atoms with Crippen molar-refractivity contribution < 1.29 is 9.53 Å². The molecule has 1 aliphatic rings. The van der Waals surface area contributed by atoms with E-state index in [-0.39, 0.29) is 17.9 Å². The number of nitrogens with one attached hydrogen (secondary N) is 2. The Kier molecular flexibility index (Phi) is 3.17. The number of H-pyrrole nitrogens is 1. The van der Waals surface area contributed by atoms with Gasteiger partial charge in [-0.05, 0) is 31.7 Å². The highest BCUT2D eigenvalue weighted by molar-refractivity contribution is 6.02. The van der Waals surface area contributed by atoms with Crippen molar-refractivity contribution in [2.75, 3.05) is 11.9 Å². The topological polar surface area (TPSA) is 79.9 Å². The number of hydrogen-bond acceptors (Lipinski definition) is 4. The second-order valence-electron chi connectivity index (χ2n) is 5.37. The third-order valence-corrected chi connectivity index (χ3v) is 3.98. The standard InChI is InChI=1S/C14H18N4O2/c1-7-4-5-20-11(7)14(19)18-13-10-8(2)9(3)17-12(10)15-6-16-13/h6-7,11H,4-5H2,1-3H3,(H2,15,16,17,18,19)/t7-,11-/m1/s1. The molecule has 1 amide bonds. The first-order valence-corrected chi connectivity index (χ1v) is 6.80. The van der Waals surface area contributed by atoms with Crippen LogP contribution in [0.4, 0.5) is 5.82 Å². The van der Waals surface area contributed by atoms with Gasteiger partial charge in [-0.1, -0.05) is 6.92 Å². The Morgan fingerprint density at radius 2 is 2.25 bits per heavy atom. The van der Waals surface area contributed by atoms with Gasteiger partial charge in [0.25, 0.3) is 5.91 Å². The highest BCUT2D eigenvalue weighted by atomic mass is 16.5. The van der Waals surface area contributed by atoms with Gasteiger partial charge in [-0.2, -0.15) is 0 Å². The van der Waals surface area contributed by atoms with E-state index < -0.39 is 0 Å². The summed E-state index contributed by atoms with van der Waals surface area (Å²) >= 11 is 0. The number of hydrogen-bond donors (Lipinski definition) is 2. The number of aryl methyl sites for hydroxylation is 2. The Labute approximate surface area is 117 Å². The van der Waals surface area contributed by atoms with Crippen molar-refractivity contribution in [2.45, 2.75) is 33.3 Å². The minimum Gasteiger partial charge on any atom is -0.368 e. The number of fused-ring (bicyclic) bond motifs is 1. The number of amides is 1. The first kappa shape index (κ1) is 13.1. The Morgan fingerprint density at radius 1 is 1.45 bits per heavy atom. The largest absolute Gasteiger partial charge is 0.368 e. The highest BCUT2D eigenvalue weighted by Crippen LogP contribution is 2.27. The maximum Gasteiger partial charge on any atom is 0.254 e. The first-order valence-electron chi connectivity index (χ1n) is 6.80. The fourth-order valence-electron chi connectivity index (χ4n) is 2.61. The summed E-state index contributed by atoms with van der Waals surface area (Å²) in [5.74, 6) is 0.652. The summed E-state index contributed by atoms with van der Waals surface area (Å²) in [6, 6.07) is 0. The SMILES string of the molecule is Cc1[nH]c2ncnc(NC(=O)[C@@H]3OCC[C@H]3C)c2c1C. The van der Waals surface area contributed by atoms with Crippen molar-refractivity contribution in [3.05, 3.63) is 17.6 Å². The Balaban J connectivity index is 1.93. The normalized spacial score (nSPS) is 22.4. The van der Waals surface area contributed by atoms with E-state index in [0.29, 0.717) is 12.4 Å². The molecule has 3 rings (SSSR count). The van der Waals surface area contributed by atoms with Crippen LogP contribution in [-0.2, 0) is 9.53 Å². The lowest BCUT2D eigenvalue weighted by Crippen LogP contribution is -2.31. The number of aromatic amines is 1. The van der Waals surface area contributed by atoms with Gasteiger partial charge in [0.05, 0.1) is 5.39 Å². The molecule has 1 fully saturated rings. The second kappa shape index (κ2) is 4.86. The molecule has 0 aliphatic carbocycles. The van der Waals surface area contributed by atoms with E-state index in [1.807, 2.05) is 20.8 Å². The lowest BCUT2D eigenvalue weighted by atomic mass is 10.0. The summed E-state index contributed by atoms with van der Waals surface area (Å²) in [5.41, 5.74) is 2.82. The van der Waals surface area contributed by atoms with Crippen molar-refractivity contribution in [3.8, 4) is 0 Å². The number of rotatable bonds is 2. The molecular weight excluding hydrogens is 256 g/mol. The molecule has 2 N–H and O–H groups in total. The number of aromatic nitrogens is 3. The van der Waals surface area contributed by atoms with Gasteiger partial charge in [-0.15, -0.1) is 0 Å². The predicted octanol–water partition coefficient (Wildman–Crippen LogP) is 1.94. The maximum absolute atomic E-state index is 12.3. The summed E-state index contributed by atoms with van der Waals surface area (Å²) in [4.78, 5) is 23.9. The van der Waals surface area contributed by atoms with Crippen LogP contribution in [-0.4, -0.2) is 33.6 Å². The monoisotopic (exact) mass is 274 g/mol. The molecule has 2 aromatic rings. The quantitative estimate of drug-likeness (QED) is 0.877. The van der Waals surface area contributed by atoms with Crippen LogP contribution < -0.4 is 5.32 Å². The smallest absolute Gasteiger partial charge is 0.254 e. The molecule has 20 heavy (non-hydrogen) atoms. The van der Waals surface area contributed by atoms with Crippen LogP contribution in [0.15, 0.2) is 6.33 Å². The van der Waals surface area contributed by atoms with Gasteiger partial charge in [-0.25, -0.2) is 9.97 Å². The molecule has 3 heterocycles. The fraction of sp³-hybridized carbons (Fsp3) is 0.500. The van der Waals surface area contributed by atoms with Crippen molar-refractivity contribution in [2.24, 2.45) is 5.92 Å². The molecule has 6 heteroatoms. The Bertz CT molecular complexity index is 664. The van der Waals surface area contributed by atoms with Crippen LogP contribution in [0.5, 0.6) is 0 Å². The molecule has 0 aromatic carbocycles. The molecule has 1 saturated heterocycles. The van der Waals surface area contributed by atoms with Crippen LogP contribution in [0, 0.1) is 19.8 Å². The molecule has 0 unspecified atom stereocenters. The average Bonchev–Trinajstić information content (AvgIpc) is 2.95. The number of anilines is 1. The van der Waals surface area contributed by atoms with Crippen molar-refractivity contribution in [1.82, 2.24) is 15.0 Å².